The summed E-state index contributed by atoms with van der Waals surface area (Å²) >= 11 is 0. The number of rotatable bonds is 5. The predicted molar refractivity (Wildman–Crippen MR) is 74.6 cm³/mol. The highest BCUT2D eigenvalue weighted by molar-refractivity contribution is 5.88. The second kappa shape index (κ2) is 5.69. The summed E-state index contributed by atoms with van der Waals surface area (Å²) in [7, 11) is 1.59. The number of ether oxygens (including phenoxy) is 1. The lowest BCUT2D eigenvalue weighted by atomic mass is 10.0. The van der Waals surface area contributed by atoms with Crippen molar-refractivity contribution >= 4 is 6.29 Å². The highest BCUT2D eigenvalue weighted by Gasteiger charge is 2.12. The molecule has 100 valence electrons. The number of carbonyl (C=O) groups excluding carboxylic acids is 1. The molecule has 0 atom stereocenters. The van der Waals surface area contributed by atoms with Crippen LogP contribution in [0.4, 0.5) is 0 Å². The Morgan fingerprint density at radius 1 is 1.37 bits per heavy atom. The van der Waals surface area contributed by atoms with Gasteiger partial charge in [-0.1, -0.05) is 6.92 Å². The van der Waals surface area contributed by atoms with Gasteiger partial charge < -0.3 is 4.74 Å². The molecule has 2 aromatic rings. The number of hydrogen-bond acceptors (Lipinski definition) is 3. The van der Waals surface area contributed by atoms with Gasteiger partial charge in [0.05, 0.1) is 13.3 Å². The van der Waals surface area contributed by atoms with Gasteiger partial charge in [0.25, 0.3) is 0 Å². The molecular formula is C15H18N2O2. The number of methoxy groups -OCH3 is 1. The van der Waals surface area contributed by atoms with Crippen LogP contribution < -0.4 is 4.74 Å². The van der Waals surface area contributed by atoms with Gasteiger partial charge >= 0.3 is 0 Å². The molecule has 1 aromatic heterocycles. The maximum Gasteiger partial charge on any atom is 0.150 e. The summed E-state index contributed by atoms with van der Waals surface area (Å²) in [4.78, 5) is 11.2. The van der Waals surface area contributed by atoms with Gasteiger partial charge in [0.2, 0.25) is 0 Å². The molecule has 0 saturated heterocycles. The molecule has 0 aliphatic rings. The summed E-state index contributed by atoms with van der Waals surface area (Å²) < 4.78 is 7.11. The number of aldehydes is 1. The zero-order valence-corrected chi connectivity index (χ0v) is 11.5. The molecule has 0 amide bonds. The molecular weight excluding hydrogens is 240 g/mol. The van der Waals surface area contributed by atoms with Crippen LogP contribution in [-0.2, 0) is 6.54 Å². The van der Waals surface area contributed by atoms with Gasteiger partial charge in [-0.05, 0) is 37.1 Å². The van der Waals surface area contributed by atoms with Gasteiger partial charge in [-0.15, -0.1) is 0 Å². The van der Waals surface area contributed by atoms with Crippen LogP contribution in [0.15, 0.2) is 24.4 Å². The van der Waals surface area contributed by atoms with Crippen LogP contribution in [0.1, 0.15) is 29.4 Å². The third-order valence-corrected chi connectivity index (χ3v) is 3.21. The predicted octanol–water partition coefficient (Wildman–Crippen LogP) is 3.09. The number of nitrogens with zero attached hydrogens (tertiary/aromatic N) is 2. The van der Waals surface area contributed by atoms with E-state index in [0.717, 1.165) is 36.1 Å². The van der Waals surface area contributed by atoms with Crippen molar-refractivity contribution in [2.75, 3.05) is 7.11 Å². The van der Waals surface area contributed by atoms with Crippen LogP contribution in [0.25, 0.3) is 11.1 Å². The van der Waals surface area contributed by atoms with E-state index in [2.05, 4.69) is 12.0 Å². The van der Waals surface area contributed by atoms with Gasteiger partial charge in [-0.25, -0.2) is 0 Å². The fraction of sp³-hybridized carbons (Fsp3) is 0.333. The molecule has 0 bridgehead atoms. The van der Waals surface area contributed by atoms with Crippen molar-refractivity contribution in [1.82, 2.24) is 9.78 Å². The normalized spacial score (nSPS) is 10.5. The van der Waals surface area contributed by atoms with E-state index in [1.54, 1.807) is 13.2 Å². The lowest BCUT2D eigenvalue weighted by Gasteiger charge is -2.08. The van der Waals surface area contributed by atoms with Crippen molar-refractivity contribution in [2.45, 2.75) is 26.8 Å². The van der Waals surface area contributed by atoms with Crippen LogP contribution in [0.3, 0.4) is 0 Å². The second-order valence-corrected chi connectivity index (χ2v) is 4.44. The van der Waals surface area contributed by atoms with Crippen LogP contribution in [-0.4, -0.2) is 23.2 Å². The molecule has 19 heavy (non-hydrogen) atoms. The lowest BCUT2D eigenvalue weighted by Crippen LogP contribution is -2.01. The van der Waals surface area contributed by atoms with Crippen LogP contribution in [0, 0.1) is 6.92 Å². The highest BCUT2D eigenvalue weighted by Crippen LogP contribution is 2.28. The smallest absolute Gasteiger partial charge is 0.150 e. The lowest BCUT2D eigenvalue weighted by molar-refractivity contribution is 0.112. The van der Waals surface area contributed by atoms with Gasteiger partial charge in [-0.2, -0.15) is 5.10 Å². The summed E-state index contributed by atoms with van der Waals surface area (Å²) in [6.07, 6.45) is 3.71. The fourth-order valence-electron chi connectivity index (χ4n) is 2.16. The van der Waals surface area contributed by atoms with Gasteiger partial charge in [0, 0.05) is 23.4 Å². The van der Waals surface area contributed by atoms with E-state index >= 15 is 0 Å². The SMILES string of the molecule is CCCn1ncc(-c2ccc(OC)cc2C=O)c1C. The van der Waals surface area contributed by atoms with Gasteiger partial charge in [-0.3, -0.25) is 9.48 Å². The van der Waals surface area contributed by atoms with Crippen molar-refractivity contribution < 1.29 is 9.53 Å². The third kappa shape index (κ3) is 2.52. The minimum Gasteiger partial charge on any atom is -0.497 e. The number of aromatic nitrogens is 2. The summed E-state index contributed by atoms with van der Waals surface area (Å²) in [5.74, 6) is 0.685. The Kier molecular flexibility index (Phi) is 4.00. The van der Waals surface area contributed by atoms with E-state index in [1.807, 2.05) is 29.9 Å². The number of carbonyl (C=O) groups is 1. The number of benzene rings is 1. The van der Waals surface area contributed by atoms with Crippen molar-refractivity contribution in [2.24, 2.45) is 0 Å². The van der Waals surface area contributed by atoms with Crippen LogP contribution in [0.2, 0.25) is 0 Å². The second-order valence-electron chi connectivity index (χ2n) is 4.44. The Morgan fingerprint density at radius 2 is 2.16 bits per heavy atom. The van der Waals surface area contributed by atoms with E-state index in [-0.39, 0.29) is 0 Å². The van der Waals surface area contributed by atoms with Crippen molar-refractivity contribution in [3.05, 3.63) is 35.7 Å². The van der Waals surface area contributed by atoms with E-state index in [4.69, 9.17) is 4.74 Å². The highest BCUT2D eigenvalue weighted by atomic mass is 16.5. The van der Waals surface area contributed by atoms with Gasteiger partial charge in [0.15, 0.2) is 6.29 Å². The Labute approximate surface area is 113 Å². The van der Waals surface area contributed by atoms with Crippen molar-refractivity contribution in [3.8, 4) is 16.9 Å². The Bertz CT molecular complexity index is 588. The first kappa shape index (κ1) is 13.3. The third-order valence-electron chi connectivity index (χ3n) is 3.21. The first-order chi connectivity index (χ1) is 9.21. The molecule has 0 saturated carbocycles. The molecule has 0 spiro atoms. The monoisotopic (exact) mass is 258 g/mol. The largest absolute Gasteiger partial charge is 0.497 e. The first-order valence-corrected chi connectivity index (χ1v) is 6.37. The summed E-state index contributed by atoms with van der Waals surface area (Å²) in [5.41, 5.74) is 3.60. The van der Waals surface area contributed by atoms with E-state index in [1.165, 1.54) is 0 Å². The standard InChI is InChI=1S/C15H18N2O2/c1-4-7-17-11(2)15(9-16-17)14-6-5-13(19-3)8-12(14)10-18/h5-6,8-10H,4,7H2,1-3H3. The van der Waals surface area contributed by atoms with E-state index in [0.29, 0.717) is 11.3 Å². The zero-order valence-electron chi connectivity index (χ0n) is 11.5. The summed E-state index contributed by atoms with van der Waals surface area (Å²) in [6.45, 7) is 5.03. The van der Waals surface area contributed by atoms with Crippen LogP contribution in [0.5, 0.6) is 5.75 Å². The molecule has 1 aromatic carbocycles. The average molecular weight is 258 g/mol. The maximum absolute atomic E-state index is 11.2. The fourth-order valence-corrected chi connectivity index (χ4v) is 2.16. The number of aryl methyl sites for hydroxylation is 1. The van der Waals surface area contributed by atoms with E-state index in [9.17, 15) is 4.79 Å². The Hall–Kier alpha value is -2.10. The molecule has 0 radical (unpaired) electrons. The van der Waals surface area contributed by atoms with E-state index < -0.39 is 0 Å². The van der Waals surface area contributed by atoms with Crippen molar-refractivity contribution in [1.29, 1.82) is 0 Å². The van der Waals surface area contributed by atoms with Gasteiger partial charge in [0.1, 0.15) is 5.75 Å². The average Bonchev–Trinajstić information content (AvgIpc) is 2.80. The molecule has 0 aliphatic heterocycles. The Balaban J connectivity index is 2.49. The van der Waals surface area contributed by atoms with Crippen LogP contribution >= 0.6 is 0 Å². The zero-order chi connectivity index (χ0) is 13.8. The molecule has 0 aliphatic carbocycles. The molecule has 1 heterocycles. The number of hydrogen-bond donors (Lipinski definition) is 0. The minimum absolute atomic E-state index is 0.624. The summed E-state index contributed by atoms with van der Waals surface area (Å²) in [5, 5.41) is 4.37. The molecule has 0 fully saturated rings. The quantitative estimate of drug-likeness (QED) is 0.774. The molecule has 4 nitrogen and oxygen atoms in total. The molecule has 2 rings (SSSR count). The molecule has 4 heteroatoms. The molecule has 0 unspecified atom stereocenters. The minimum atomic E-state index is 0.624. The summed E-state index contributed by atoms with van der Waals surface area (Å²) in [6, 6.07) is 5.51. The Morgan fingerprint density at radius 3 is 2.79 bits per heavy atom. The van der Waals surface area contributed by atoms with Crippen molar-refractivity contribution in [3.63, 3.8) is 0 Å². The first-order valence-electron chi connectivity index (χ1n) is 6.37. The molecule has 0 N–H and O–H groups in total. The maximum atomic E-state index is 11.2. The topological polar surface area (TPSA) is 44.1 Å².